The van der Waals surface area contributed by atoms with Crippen LogP contribution in [0.15, 0.2) is 71.6 Å². The molecular weight excluding hydrogens is 506 g/mol. The summed E-state index contributed by atoms with van der Waals surface area (Å²) < 4.78 is 45.7. The maximum atomic E-state index is 13.2. The van der Waals surface area contributed by atoms with E-state index >= 15 is 0 Å². The summed E-state index contributed by atoms with van der Waals surface area (Å²) in [6.07, 6.45) is 0. The first-order valence-corrected chi connectivity index (χ1v) is 12.1. The lowest BCUT2D eigenvalue weighted by Crippen LogP contribution is -2.30. The molecule has 0 fully saturated rings. The maximum Gasteiger partial charge on any atom is 0.340 e. The molecule has 3 aromatic carbocycles. The van der Waals surface area contributed by atoms with E-state index in [-0.39, 0.29) is 32.7 Å². The molecular formula is C23H19Cl2FN2O5S. The normalized spacial score (nSPS) is 11.1. The number of benzene rings is 3. The van der Waals surface area contributed by atoms with Crippen LogP contribution in [0.4, 0.5) is 15.8 Å². The quantitative estimate of drug-likeness (QED) is 0.411. The number of carbonyl (C=O) groups excluding carboxylic acids is 2. The minimum Gasteiger partial charge on any atom is -0.452 e. The lowest BCUT2D eigenvalue weighted by Gasteiger charge is -2.23. The van der Waals surface area contributed by atoms with Gasteiger partial charge in [0, 0.05) is 6.54 Å². The standard InChI is InChI=1S/C23H19Cl2FN2O5S/c1-2-28(16-6-4-3-5-7-16)34(31,32)17-9-11-19(24)21(13-17)27-22(29)14-33-23(30)18-10-8-15(26)12-20(18)25/h3-13H,2,14H2,1H3,(H,27,29). The summed E-state index contributed by atoms with van der Waals surface area (Å²) >= 11 is 11.9. The number of para-hydroxylation sites is 1. The molecule has 0 saturated heterocycles. The highest BCUT2D eigenvalue weighted by Crippen LogP contribution is 2.29. The first-order valence-electron chi connectivity index (χ1n) is 9.93. The van der Waals surface area contributed by atoms with Gasteiger partial charge in [-0.1, -0.05) is 41.4 Å². The first kappa shape index (κ1) is 25.5. The summed E-state index contributed by atoms with van der Waals surface area (Å²) in [7, 11) is -3.96. The molecule has 0 aliphatic rings. The summed E-state index contributed by atoms with van der Waals surface area (Å²) in [5, 5.41) is 2.35. The van der Waals surface area contributed by atoms with E-state index in [1.807, 2.05) is 0 Å². The van der Waals surface area contributed by atoms with Gasteiger partial charge in [0.15, 0.2) is 6.61 Å². The number of esters is 1. The number of hydrogen-bond acceptors (Lipinski definition) is 5. The van der Waals surface area contributed by atoms with Crippen LogP contribution in [0.1, 0.15) is 17.3 Å². The fourth-order valence-corrected chi connectivity index (χ4v) is 4.93. The van der Waals surface area contributed by atoms with Crippen molar-refractivity contribution in [2.24, 2.45) is 0 Å². The van der Waals surface area contributed by atoms with E-state index in [4.69, 9.17) is 27.9 Å². The van der Waals surface area contributed by atoms with Gasteiger partial charge in [-0.3, -0.25) is 9.10 Å². The minimum absolute atomic E-state index is 0.0210. The second kappa shape index (κ2) is 10.9. The third-order valence-electron chi connectivity index (χ3n) is 4.62. The van der Waals surface area contributed by atoms with E-state index in [9.17, 15) is 22.4 Å². The van der Waals surface area contributed by atoms with Gasteiger partial charge in [-0.15, -0.1) is 0 Å². The predicted octanol–water partition coefficient (Wildman–Crippen LogP) is 5.14. The molecule has 0 aromatic heterocycles. The zero-order chi connectivity index (χ0) is 24.9. The first-order chi connectivity index (χ1) is 16.1. The maximum absolute atomic E-state index is 13.2. The summed E-state index contributed by atoms with van der Waals surface area (Å²) in [5.74, 6) is -2.32. The van der Waals surface area contributed by atoms with Crippen LogP contribution in [0.3, 0.4) is 0 Å². The topological polar surface area (TPSA) is 92.8 Å². The van der Waals surface area contributed by atoms with Gasteiger partial charge in [0.05, 0.1) is 31.9 Å². The molecule has 0 radical (unpaired) electrons. The molecule has 34 heavy (non-hydrogen) atoms. The lowest BCUT2D eigenvalue weighted by atomic mass is 10.2. The highest BCUT2D eigenvalue weighted by Gasteiger charge is 2.25. The number of ether oxygens (including phenoxy) is 1. The van der Waals surface area contributed by atoms with Gasteiger partial charge in [0.1, 0.15) is 5.82 Å². The average Bonchev–Trinajstić information content (AvgIpc) is 2.80. The summed E-state index contributed by atoms with van der Waals surface area (Å²) in [5.41, 5.74) is 0.396. The van der Waals surface area contributed by atoms with Crippen molar-refractivity contribution in [2.45, 2.75) is 11.8 Å². The van der Waals surface area contributed by atoms with Gasteiger partial charge in [0.2, 0.25) is 0 Å². The third kappa shape index (κ3) is 5.85. The number of nitrogens with one attached hydrogen (secondary N) is 1. The average molecular weight is 525 g/mol. The van der Waals surface area contributed by atoms with Gasteiger partial charge < -0.3 is 10.1 Å². The van der Waals surface area contributed by atoms with Crippen molar-refractivity contribution in [3.05, 3.63) is 88.2 Å². The smallest absolute Gasteiger partial charge is 0.340 e. The molecule has 7 nitrogen and oxygen atoms in total. The molecule has 0 bridgehead atoms. The van der Waals surface area contributed by atoms with Crippen LogP contribution in [-0.4, -0.2) is 33.4 Å². The van der Waals surface area contributed by atoms with Crippen LogP contribution in [0.2, 0.25) is 10.0 Å². The zero-order valence-electron chi connectivity index (χ0n) is 17.8. The second-order valence-electron chi connectivity index (χ2n) is 6.90. The predicted molar refractivity (Wildman–Crippen MR) is 128 cm³/mol. The van der Waals surface area contributed by atoms with E-state index < -0.39 is 34.3 Å². The molecule has 3 aromatic rings. The van der Waals surface area contributed by atoms with E-state index in [0.717, 1.165) is 18.2 Å². The number of amides is 1. The fourth-order valence-electron chi connectivity index (χ4n) is 3.02. The molecule has 0 atom stereocenters. The van der Waals surface area contributed by atoms with Gasteiger partial charge >= 0.3 is 5.97 Å². The Bertz CT molecular complexity index is 1320. The number of anilines is 2. The highest BCUT2D eigenvalue weighted by atomic mass is 35.5. The summed E-state index contributed by atoms with van der Waals surface area (Å²) in [6, 6.07) is 15.6. The molecule has 0 aliphatic carbocycles. The summed E-state index contributed by atoms with van der Waals surface area (Å²) in [4.78, 5) is 24.3. The molecule has 0 unspecified atom stereocenters. The second-order valence-corrected chi connectivity index (χ2v) is 9.57. The van der Waals surface area contributed by atoms with Crippen LogP contribution in [0, 0.1) is 5.82 Å². The minimum atomic E-state index is -3.96. The lowest BCUT2D eigenvalue weighted by molar-refractivity contribution is -0.119. The van der Waals surface area contributed by atoms with Crippen LogP contribution in [-0.2, 0) is 19.6 Å². The summed E-state index contributed by atoms with van der Waals surface area (Å²) in [6.45, 7) is 1.17. The van der Waals surface area contributed by atoms with Crippen LogP contribution in [0.5, 0.6) is 0 Å². The van der Waals surface area contributed by atoms with E-state index in [0.29, 0.717) is 5.69 Å². The van der Waals surface area contributed by atoms with Crippen LogP contribution >= 0.6 is 23.2 Å². The van der Waals surface area contributed by atoms with Crippen molar-refractivity contribution in [1.29, 1.82) is 0 Å². The number of sulfonamides is 1. The van der Waals surface area contributed by atoms with E-state index in [1.165, 1.54) is 22.5 Å². The molecule has 11 heteroatoms. The SMILES string of the molecule is CCN(c1ccccc1)S(=O)(=O)c1ccc(Cl)c(NC(=O)COC(=O)c2ccc(F)cc2Cl)c1. The third-order valence-corrected chi connectivity index (χ3v) is 7.16. The number of carbonyl (C=O) groups is 2. The Morgan fingerprint density at radius 3 is 2.35 bits per heavy atom. The molecule has 3 rings (SSSR count). The van der Waals surface area contributed by atoms with E-state index in [1.54, 1.807) is 37.3 Å². The molecule has 0 saturated carbocycles. The Hall–Kier alpha value is -3.14. The Balaban J connectivity index is 1.74. The highest BCUT2D eigenvalue weighted by molar-refractivity contribution is 7.92. The van der Waals surface area contributed by atoms with Crippen molar-refractivity contribution < 1.29 is 27.1 Å². The van der Waals surface area contributed by atoms with Crippen molar-refractivity contribution in [1.82, 2.24) is 0 Å². The number of nitrogens with zero attached hydrogens (tertiary/aromatic N) is 1. The van der Waals surface area contributed by atoms with E-state index in [2.05, 4.69) is 5.32 Å². The van der Waals surface area contributed by atoms with Gasteiger partial charge in [-0.2, -0.15) is 0 Å². The van der Waals surface area contributed by atoms with Crippen LogP contribution in [0.25, 0.3) is 0 Å². The van der Waals surface area contributed by atoms with Gasteiger partial charge in [-0.25, -0.2) is 17.6 Å². The molecule has 0 spiro atoms. The van der Waals surface area contributed by atoms with Crippen LogP contribution < -0.4 is 9.62 Å². The Morgan fingerprint density at radius 2 is 1.71 bits per heavy atom. The fraction of sp³-hybridized carbons (Fsp3) is 0.130. The Labute approximate surface area is 206 Å². The molecule has 1 N–H and O–H groups in total. The zero-order valence-corrected chi connectivity index (χ0v) is 20.1. The molecule has 0 heterocycles. The number of hydrogen-bond donors (Lipinski definition) is 1. The van der Waals surface area contributed by atoms with Crippen molar-refractivity contribution >= 4 is 56.5 Å². The number of halogens is 3. The molecule has 0 aliphatic heterocycles. The number of rotatable bonds is 8. The van der Waals surface area contributed by atoms with Gasteiger partial charge in [-0.05, 0) is 55.5 Å². The van der Waals surface area contributed by atoms with Gasteiger partial charge in [0.25, 0.3) is 15.9 Å². The van der Waals surface area contributed by atoms with Crippen molar-refractivity contribution in [2.75, 3.05) is 22.8 Å². The largest absolute Gasteiger partial charge is 0.452 e. The van der Waals surface area contributed by atoms with Crippen molar-refractivity contribution in [3.8, 4) is 0 Å². The molecule has 178 valence electrons. The molecule has 1 amide bonds. The Kier molecular flexibility index (Phi) is 8.14. The van der Waals surface area contributed by atoms with Crippen molar-refractivity contribution in [3.63, 3.8) is 0 Å². The monoisotopic (exact) mass is 524 g/mol. The Morgan fingerprint density at radius 1 is 1.00 bits per heavy atom.